The number of rotatable bonds is 14. The average Bonchev–Trinajstić information content (AvgIpc) is 3.25. The molecule has 0 unspecified atom stereocenters. The third-order valence-corrected chi connectivity index (χ3v) is 7.75. The zero-order chi connectivity index (χ0) is 40.1. The molecular weight excluding hydrogens is 746 g/mol. The van der Waals surface area contributed by atoms with Gasteiger partial charge < -0.3 is 39.5 Å². The topological polar surface area (TPSA) is 308 Å². The Morgan fingerprint density at radius 2 is 1.05 bits per heavy atom. The molecule has 0 aliphatic carbocycles. The van der Waals surface area contributed by atoms with Gasteiger partial charge in [-0.2, -0.15) is 53.1 Å². The van der Waals surface area contributed by atoms with E-state index in [1.807, 2.05) is 4.90 Å². The molecule has 1 fully saturated rings. The number of hydrogen-bond donors (Lipinski definition) is 5. The molecule has 0 radical (unpaired) electrons. The van der Waals surface area contributed by atoms with E-state index in [0.717, 1.165) is 0 Å². The third kappa shape index (κ3) is 10.5. The summed E-state index contributed by atoms with van der Waals surface area (Å²) in [6, 6.07) is 21.6. The van der Waals surface area contributed by atoms with Crippen molar-refractivity contribution in [1.82, 2.24) is 15.0 Å². The van der Waals surface area contributed by atoms with Crippen LogP contribution in [0.1, 0.15) is 31.1 Å². The van der Waals surface area contributed by atoms with Crippen molar-refractivity contribution < 1.29 is 43.2 Å². The number of hydrogen-bond acceptors (Lipinski definition) is 22. The van der Waals surface area contributed by atoms with Gasteiger partial charge in [0.05, 0.1) is 52.7 Å². The lowest BCUT2D eigenvalue weighted by molar-refractivity contribution is -0.120. The highest BCUT2D eigenvalue weighted by Gasteiger charge is 2.18. The molecule has 1 aliphatic rings. The maximum atomic E-state index is 12.0. The lowest BCUT2D eigenvalue weighted by Gasteiger charge is -2.27. The van der Waals surface area contributed by atoms with Gasteiger partial charge >= 0.3 is 17.9 Å². The second kappa shape index (κ2) is 18.5. The molecule has 2 heterocycles. The van der Waals surface area contributed by atoms with Crippen molar-refractivity contribution in [1.29, 1.82) is 0 Å². The van der Waals surface area contributed by atoms with Gasteiger partial charge in [-0.05, 0) is 78.9 Å². The molecular formula is C35H31N13O9. The van der Waals surface area contributed by atoms with Crippen LogP contribution in [0.3, 0.4) is 0 Å². The Morgan fingerprint density at radius 1 is 0.614 bits per heavy atom. The number of anilines is 5. The molecule has 0 saturated carbocycles. The summed E-state index contributed by atoms with van der Waals surface area (Å²) in [6.45, 7) is 2.38. The van der Waals surface area contributed by atoms with Crippen LogP contribution in [0.15, 0.2) is 105 Å². The van der Waals surface area contributed by atoms with Crippen LogP contribution < -0.4 is 38.0 Å². The zero-order valence-electron chi connectivity index (χ0n) is 29.5. The zero-order valence-corrected chi connectivity index (χ0v) is 29.5. The molecule has 4 aromatic carbocycles. The fourth-order valence-electron chi connectivity index (χ4n) is 5.08. The molecule has 22 nitrogen and oxygen atoms in total. The molecule has 8 N–H and O–H groups in total. The van der Waals surface area contributed by atoms with Crippen molar-refractivity contribution in [3.63, 3.8) is 0 Å². The van der Waals surface area contributed by atoms with Gasteiger partial charge in [0.15, 0.2) is 0 Å². The Morgan fingerprint density at radius 3 is 1.51 bits per heavy atom. The highest BCUT2D eigenvalue weighted by atomic mass is 16.7. The summed E-state index contributed by atoms with van der Waals surface area (Å²) in [5, 5.41) is 23.0. The van der Waals surface area contributed by atoms with Crippen LogP contribution in [-0.4, -0.2) is 65.6 Å². The van der Waals surface area contributed by atoms with Gasteiger partial charge in [0.25, 0.3) is 6.47 Å². The number of azo groups is 2. The molecule has 1 aliphatic heterocycles. The van der Waals surface area contributed by atoms with Gasteiger partial charge in [-0.25, -0.2) is 14.4 Å². The average molecular weight is 778 g/mol. The summed E-state index contributed by atoms with van der Waals surface area (Å²) >= 11 is 0. The van der Waals surface area contributed by atoms with Crippen molar-refractivity contribution in [3.05, 3.63) is 102 Å². The molecule has 0 bridgehead atoms. The third-order valence-electron chi connectivity index (χ3n) is 7.75. The first-order chi connectivity index (χ1) is 27.7. The van der Waals surface area contributed by atoms with Crippen LogP contribution in [0.5, 0.6) is 5.75 Å². The van der Waals surface area contributed by atoms with Crippen molar-refractivity contribution in [2.45, 2.75) is 0 Å². The normalized spacial score (nSPS) is 12.6. The standard InChI is InChI=1S/C35H31N13O9/c36-55-30(50)20-13-21(31(51)56-37)15-27(14-20)46-44-25-5-1-23(2-6-25)39-33-41-34(43-35(42-33)48-9-11-53-12-10-48)40-24-3-7-26(8-4-24)45-47-28-16-22(32(52)57-38)17-29(18-28)54-19-49/h1-8,13-19H,9-12,36-38H2,(H2,39,40,41,42,43). The Labute approximate surface area is 321 Å². The molecule has 1 saturated heterocycles. The van der Waals surface area contributed by atoms with E-state index in [1.54, 1.807) is 48.5 Å². The van der Waals surface area contributed by atoms with Gasteiger partial charge in [-0.3, -0.25) is 4.79 Å². The second-order valence-electron chi connectivity index (χ2n) is 11.5. The first-order valence-electron chi connectivity index (χ1n) is 16.5. The van der Waals surface area contributed by atoms with Crippen LogP contribution in [0, 0.1) is 0 Å². The highest BCUT2D eigenvalue weighted by molar-refractivity contribution is 5.96. The summed E-state index contributed by atoms with van der Waals surface area (Å²) in [4.78, 5) is 75.2. The van der Waals surface area contributed by atoms with Gasteiger partial charge in [0, 0.05) is 30.5 Å². The molecule has 0 amide bonds. The lowest BCUT2D eigenvalue weighted by atomic mass is 10.1. The summed E-state index contributed by atoms with van der Waals surface area (Å²) in [5.41, 5.74) is 2.39. The fraction of sp³-hybridized carbons (Fsp3) is 0.114. The first-order valence-corrected chi connectivity index (χ1v) is 16.5. The molecule has 0 atom stereocenters. The van der Waals surface area contributed by atoms with E-state index >= 15 is 0 Å². The number of nitrogens with one attached hydrogen (secondary N) is 2. The first kappa shape index (κ1) is 38.9. The van der Waals surface area contributed by atoms with Gasteiger partial charge in [-0.1, -0.05) is 0 Å². The quantitative estimate of drug-likeness (QED) is 0.0582. The van der Waals surface area contributed by atoms with E-state index < -0.39 is 17.9 Å². The van der Waals surface area contributed by atoms with Crippen LogP contribution in [-0.2, 0) is 24.0 Å². The van der Waals surface area contributed by atoms with Gasteiger partial charge in [-0.15, -0.1) is 0 Å². The summed E-state index contributed by atoms with van der Waals surface area (Å²) in [6.07, 6.45) is 0. The van der Waals surface area contributed by atoms with E-state index in [4.69, 9.17) is 27.2 Å². The predicted molar refractivity (Wildman–Crippen MR) is 199 cm³/mol. The Balaban J connectivity index is 1.17. The number of carbonyl (C=O) groups excluding carboxylic acids is 4. The van der Waals surface area contributed by atoms with E-state index in [2.05, 4.69) is 60.6 Å². The number of ether oxygens (including phenoxy) is 2. The second-order valence-corrected chi connectivity index (χ2v) is 11.5. The SMILES string of the molecule is NOC(=O)c1cc(N=Nc2ccc(Nc3nc(Nc4ccc(N=Nc5cc(C(=O)ON)cc(C(=O)ON)c5)cc4)nc(N4CCOCC4)n3)cc2)cc(OC=O)c1. The van der Waals surface area contributed by atoms with Crippen LogP contribution in [0.2, 0.25) is 0 Å². The lowest BCUT2D eigenvalue weighted by Crippen LogP contribution is -2.37. The summed E-state index contributed by atoms with van der Waals surface area (Å²) in [7, 11) is 0. The van der Waals surface area contributed by atoms with E-state index in [-0.39, 0.29) is 52.2 Å². The molecule has 1 aromatic heterocycles. The maximum absolute atomic E-state index is 12.0. The summed E-state index contributed by atoms with van der Waals surface area (Å²) in [5.74, 6) is 13.3. The molecule has 0 spiro atoms. The Hall–Kier alpha value is -7.79. The van der Waals surface area contributed by atoms with E-state index in [1.165, 1.54) is 36.4 Å². The van der Waals surface area contributed by atoms with Crippen LogP contribution in [0.4, 0.5) is 52.0 Å². The number of nitrogens with zero attached hydrogens (tertiary/aromatic N) is 8. The van der Waals surface area contributed by atoms with E-state index in [0.29, 0.717) is 55.0 Å². The number of morpholine rings is 1. The molecule has 6 rings (SSSR count). The molecule has 22 heteroatoms. The smallest absolute Gasteiger partial charge is 0.356 e. The number of carbonyl (C=O) groups is 4. The minimum Gasteiger partial charge on any atom is -0.429 e. The van der Waals surface area contributed by atoms with Gasteiger partial charge in [0.2, 0.25) is 17.8 Å². The minimum absolute atomic E-state index is 0.0134. The fourth-order valence-corrected chi connectivity index (χ4v) is 5.08. The monoisotopic (exact) mass is 777 g/mol. The number of benzene rings is 4. The minimum atomic E-state index is -0.901. The van der Waals surface area contributed by atoms with Crippen molar-refractivity contribution in [2.75, 3.05) is 41.8 Å². The molecule has 290 valence electrons. The van der Waals surface area contributed by atoms with Crippen molar-refractivity contribution >= 4 is 76.3 Å². The summed E-state index contributed by atoms with van der Waals surface area (Å²) < 4.78 is 10.3. The highest BCUT2D eigenvalue weighted by Crippen LogP contribution is 2.28. The van der Waals surface area contributed by atoms with Crippen LogP contribution in [0.25, 0.3) is 0 Å². The maximum Gasteiger partial charge on any atom is 0.356 e. The largest absolute Gasteiger partial charge is 0.429 e. The van der Waals surface area contributed by atoms with E-state index in [9.17, 15) is 19.2 Å². The van der Waals surface area contributed by atoms with Crippen molar-refractivity contribution in [3.8, 4) is 5.75 Å². The Bertz CT molecular complexity index is 2280. The Kier molecular flexibility index (Phi) is 12.6. The van der Waals surface area contributed by atoms with Crippen LogP contribution >= 0.6 is 0 Å². The number of aromatic nitrogens is 3. The van der Waals surface area contributed by atoms with Crippen molar-refractivity contribution in [2.24, 2.45) is 38.1 Å². The molecule has 5 aromatic rings. The number of nitrogens with two attached hydrogens (primary N) is 3. The molecule has 57 heavy (non-hydrogen) atoms. The predicted octanol–water partition coefficient (Wildman–Crippen LogP) is 4.65. The van der Waals surface area contributed by atoms with Gasteiger partial charge in [0.1, 0.15) is 5.75 Å².